The van der Waals surface area contributed by atoms with E-state index in [2.05, 4.69) is 20.4 Å². The standard InChI is InChI=1S/C16H21N5O2/c1-20-14-12(6-13(23-2)15(20)22)7-17-16(18-14)19-21-8-10-4-3-5-11(10)9-21/h6-7,10-11H,3-5,8-9H2,1-2H3,(H,17,18,19). The van der Waals surface area contributed by atoms with Gasteiger partial charge in [0.05, 0.1) is 7.11 Å². The number of hydrogen-bond donors (Lipinski definition) is 1. The Balaban J connectivity index is 1.62. The zero-order chi connectivity index (χ0) is 16.0. The Bertz CT molecular complexity index is 791. The van der Waals surface area contributed by atoms with E-state index in [9.17, 15) is 4.79 Å². The Labute approximate surface area is 134 Å². The van der Waals surface area contributed by atoms with Crippen LogP contribution in [-0.4, -0.2) is 39.7 Å². The molecule has 0 bridgehead atoms. The fourth-order valence-corrected chi connectivity index (χ4v) is 3.88. The van der Waals surface area contributed by atoms with E-state index in [0.29, 0.717) is 17.3 Å². The van der Waals surface area contributed by atoms with Crippen molar-refractivity contribution in [3.05, 3.63) is 22.6 Å². The second-order valence-corrected chi connectivity index (χ2v) is 6.52. The van der Waals surface area contributed by atoms with Crippen molar-refractivity contribution >= 4 is 17.0 Å². The smallest absolute Gasteiger partial charge is 0.294 e. The van der Waals surface area contributed by atoms with Crippen LogP contribution in [0.4, 0.5) is 5.95 Å². The summed E-state index contributed by atoms with van der Waals surface area (Å²) in [5.41, 5.74) is 3.71. The molecule has 2 aromatic rings. The summed E-state index contributed by atoms with van der Waals surface area (Å²) in [7, 11) is 3.19. The number of rotatable bonds is 3. The van der Waals surface area contributed by atoms with Crippen LogP contribution in [-0.2, 0) is 7.05 Å². The lowest BCUT2D eigenvalue weighted by molar-refractivity contribution is 0.369. The molecule has 1 saturated carbocycles. The minimum absolute atomic E-state index is 0.194. The minimum Gasteiger partial charge on any atom is -0.491 e. The number of aromatic nitrogens is 3. The monoisotopic (exact) mass is 315 g/mol. The van der Waals surface area contributed by atoms with E-state index >= 15 is 0 Å². The second kappa shape index (κ2) is 5.49. The van der Waals surface area contributed by atoms with Crippen molar-refractivity contribution in [2.45, 2.75) is 19.3 Å². The molecule has 23 heavy (non-hydrogen) atoms. The quantitative estimate of drug-likeness (QED) is 0.923. The number of anilines is 1. The Morgan fingerprint density at radius 1 is 1.30 bits per heavy atom. The fraction of sp³-hybridized carbons (Fsp3) is 0.562. The molecule has 7 heteroatoms. The van der Waals surface area contributed by atoms with Gasteiger partial charge in [0.2, 0.25) is 5.95 Å². The van der Waals surface area contributed by atoms with Crippen LogP contribution < -0.4 is 15.7 Å². The Morgan fingerprint density at radius 3 is 2.74 bits per heavy atom. The Kier molecular flexibility index (Phi) is 3.45. The van der Waals surface area contributed by atoms with Crippen molar-refractivity contribution in [3.8, 4) is 5.75 Å². The number of methoxy groups -OCH3 is 1. The molecule has 1 N–H and O–H groups in total. The molecule has 1 saturated heterocycles. The summed E-state index contributed by atoms with van der Waals surface area (Å²) in [5, 5.41) is 2.99. The van der Waals surface area contributed by atoms with Gasteiger partial charge in [0.1, 0.15) is 5.65 Å². The van der Waals surface area contributed by atoms with Gasteiger partial charge in [-0.15, -0.1) is 0 Å². The predicted octanol–water partition coefficient (Wildman–Crippen LogP) is 1.40. The highest BCUT2D eigenvalue weighted by Crippen LogP contribution is 2.37. The maximum Gasteiger partial charge on any atom is 0.294 e. The molecule has 2 fully saturated rings. The van der Waals surface area contributed by atoms with Gasteiger partial charge in [-0.1, -0.05) is 6.42 Å². The van der Waals surface area contributed by atoms with Gasteiger partial charge in [-0.3, -0.25) is 14.8 Å². The molecule has 0 spiro atoms. The summed E-state index contributed by atoms with van der Waals surface area (Å²) in [4.78, 5) is 21.0. The number of nitrogens with one attached hydrogen (secondary N) is 1. The van der Waals surface area contributed by atoms with E-state index in [1.807, 2.05) is 0 Å². The fourth-order valence-electron chi connectivity index (χ4n) is 3.88. The molecule has 2 aromatic heterocycles. The Morgan fingerprint density at radius 2 is 2.04 bits per heavy atom. The summed E-state index contributed by atoms with van der Waals surface area (Å²) >= 11 is 0. The van der Waals surface area contributed by atoms with E-state index in [-0.39, 0.29) is 5.56 Å². The van der Waals surface area contributed by atoms with Crippen LogP contribution >= 0.6 is 0 Å². The molecule has 0 aromatic carbocycles. The molecule has 3 heterocycles. The van der Waals surface area contributed by atoms with Crippen LogP contribution in [0.15, 0.2) is 17.1 Å². The number of hydrazine groups is 1. The summed E-state index contributed by atoms with van der Waals surface area (Å²) < 4.78 is 6.60. The third-order valence-electron chi connectivity index (χ3n) is 5.12. The molecule has 2 unspecified atom stereocenters. The van der Waals surface area contributed by atoms with Crippen LogP contribution in [0.1, 0.15) is 19.3 Å². The lowest BCUT2D eigenvalue weighted by Gasteiger charge is -2.18. The predicted molar refractivity (Wildman–Crippen MR) is 87.4 cm³/mol. The molecule has 7 nitrogen and oxygen atoms in total. The van der Waals surface area contributed by atoms with Gasteiger partial charge in [-0.25, -0.2) is 9.99 Å². The van der Waals surface area contributed by atoms with Crippen LogP contribution in [0.25, 0.3) is 11.0 Å². The molecule has 122 valence electrons. The van der Waals surface area contributed by atoms with Gasteiger partial charge in [0.25, 0.3) is 5.56 Å². The van der Waals surface area contributed by atoms with E-state index in [1.54, 1.807) is 19.3 Å². The number of ether oxygens (including phenoxy) is 1. The lowest BCUT2D eigenvalue weighted by atomic mass is 10.0. The van der Waals surface area contributed by atoms with E-state index in [1.165, 1.54) is 30.9 Å². The third kappa shape index (κ3) is 2.45. The molecular formula is C16H21N5O2. The molecular weight excluding hydrogens is 294 g/mol. The van der Waals surface area contributed by atoms with Gasteiger partial charge in [0, 0.05) is 31.7 Å². The van der Waals surface area contributed by atoms with Crippen LogP contribution in [0.3, 0.4) is 0 Å². The van der Waals surface area contributed by atoms with Gasteiger partial charge in [-0.05, 0) is 30.7 Å². The average Bonchev–Trinajstić information content (AvgIpc) is 3.12. The summed E-state index contributed by atoms with van der Waals surface area (Å²) in [5.74, 6) is 2.45. The SMILES string of the molecule is COc1cc2cnc(NN3CC4CCCC4C3)nc2n(C)c1=O. The van der Waals surface area contributed by atoms with Crippen molar-refractivity contribution in [2.75, 3.05) is 25.6 Å². The van der Waals surface area contributed by atoms with Crippen molar-refractivity contribution in [1.29, 1.82) is 0 Å². The average molecular weight is 315 g/mol. The first-order valence-electron chi connectivity index (χ1n) is 8.08. The van der Waals surface area contributed by atoms with E-state index in [4.69, 9.17) is 4.74 Å². The van der Waals surface area contributed by atoms with Crippen molar-refractivity contribution < 1.29 is 4.74 Å². The number of nitrogens with zero attached hydrogens (tertiary/aromatic N) is 4. The first-order chi connectivity index (χ1) is 11.2. The number of hydrogen-bond acceptors (Lipinski definition) is 6. The minimum atomic E-state index is -0.194. The Hall–Kier alpha value is -2.15. The van der Waals surface area contributed by atoms with Crippen LogP contribution in [0, 0.1) is 11.8 Å². The maximum atomic E-state index is 12.1. The lowest BCUT2D eigenvalue weighted by Crippen LogP contribution is -2.29. The molecule has 0 amide bonds. The van der Waals surface area contributed by atoms with Crippen molar-refractivity contribution in [3.63, 3.8) is 0 Å². The molecule has 1 aliphatic carbocycles. The van der Waals surface area contributed by atoms with Crippen molar-refractivity contribution in [2.24, 2.45) is 18.9 Å². The highest BCUT2D eigenvalue weighted by atomic mass is 16.5. The maximum absolute atomic E-state index is 12.1. The van der Waals surface area contributed by atoms with Gasteiger partial charge >= 0.3 is 0 Å². The zero-order valence-electron chi connectivity index (χ0n) is 13.5. The van der Waals surface area contributed by atoms with E-state index < -0.39 is 0 Å². The molecule has 2 atom stereocenters. The van der Waals surface area contributed by atoms with E-state index in [0.717, 1.165) is 30.3 Å². The first-order valence-corrected chi connectivity index (χ1v) is 8.08. The van der Waals surface area contributed by atoms with Crippen LogP contribution in [0.2, 0.25) is 0 Å². The van der Waals surface area contributed by atoms with Crippen LogP contribution in [0.5, 0.6) is 5.75 Å². The topological polar surface area (TPSA) is 72.3 Å². The largest absolute Gasteiger partial charge is 0.491 e. The molecule has 1 aliphatic heterocycles. The normalized spacial score (nSPS) is 24.1. The number of fused-ring (bicyclic) bond motifs is 2. The molecule has 2 aliphatic rings. The zero-order valence-corrected chi connectivity index (χ0v) is 13.5. The number of aryl methyl sites for hydroxylation is 1. The summed E-state index contributed by atoms with van der Waals surface area (Å²) in [6.07, 6.45) is 5.74. The highest BCUT2D eigenvalue weighted by Gasteiger charge is 2.36. The number of pyridine rings is 1. The highest BCUT2D eigenvalue weighted by molar-refractivity contribution is 5.76. The van der Waals surface area contributed by atoms with Crippen molar-refractivity contribution in [1.82, 2.24) is 19.5 Å². The van der Waals surface area contributed by atoms with Gasteiger partial charge in [-0.2, -0.15) is 4.98 Å². The summed E-state index contributed by atoms with van der Waals surface area (Å²) in [6, 6.07) is 1.68. The first kappa shape index (κ1) is 14.4. The molecule has 0 radical (unpaired) electrons. The molecule has 4 rings (SSSR count). The van der Waals surface area contributed by atoms with Gasteiger partial charge < -0.3 is 4.74 Å². The summed E-state index contributed by atoms with van der Waals surface area (Å²) in [6.45, 7) is 2.10. The third-order valence-corrected chi connectivity index (χ3v) is 5.12. The second-order valence-electron chi connectivity index (χ2n) is 6.52. The van der Waals surface area contributed by atoms with Gasteiger partial charge in [0.15, 0.2) is 5.75 Å².